The zero-order valence-corrected chi connectivity index (χ0v) is 20.6. The molecule has 1 N–H and O–H groups in total. The summed E-state index contributed by atoms with van der Waals surface area (Å²) in [7, 11) is 1.92. The van der Waals surface area contributed by atoms with Gasteiger partial charge in [-0.05, 0) is 65.6 Å². The molecule has 1 atom stereocenters. The third-order valence-electron chi connectivity index (χ3n) is 7.32. The van der Waals surface area contributed by atoms with Gasteiger partial charge in [0, 0.05) is 31.8 Å². The van der Waals surface area contributed by atoms with E-state index in [9.17, 15) is 23.2 Å². The van der Waals surface area contributed by atoms with Gasteiger partial charge in [0.1, 0.15) is 11.6 Å². The molecule has 192 valence electrons. The molecule has 3 aromatic rings. The third kappa shape index (κ3) is 4.05. The topological polar surface area (TPSA) is 73.0 Å². The maximum atomic E-state index is 14.0. The van der Waals surface area contributed by atoms with E-state index in [1.165, 1.54) is 12.1 Å². The predicted octanol–water partition coefficient (Wildman–Crippen LogP) is 3.62. The summed E-state index contributed by atoms with van der Waals surface area (Å²) in [6, 6.07) is 14.7. The quantitative estimate of drug-likeness (QED) is 0.509. The predicted molar refractivity (Wildman–Crippen MR) is 136 cm³/mol. The fraction of sp³-hybridized carbons (Fsp3) is 0.207. The van der Waals surface area contributed by atoms with Crippen molar-refractivity contribution in [1.29, 1.82) is 0 Å². The van der Waals surface area contributed by atoms with E-state index in [4.69, 9.17) is 0 Å². The summed E-state index contributed by atoms with van der Waals surface area (Å²) >= 11 is 0. The Bertz CT molecular complexity index is 1480. The summed E-state index contributed by atoms with van der Waals surface area (Å²) in [6.07, 6.45) is 2.12. The van der Waals surface area contributed by atoms with Gasteiger partial charge in [-0.3, -0.25) is 19.3 Å². The Kier molecular flexibility index (Phi) is 5.80. The number of nitrogens with zero attached hydrogens (tertiary/aromatic N) is 3. The van der Waals surface area contributed by atoms with Crippen LogP contribution in [0, 0.1) is 11.6 Å². The van der Waals surface area contributed by atoms with Gasteiger partial charge < -0.3 is 9.91 Å². The molecule has 38 heavy (non-hydrogen) atoms. The summed E-state index contributed by atoms with van der Waals surface area (Å²) in [5, 5.41) is 1.92. The van der Waals surface area contributed by atoms with Gasteiger partial charge in [0.25, 0.3) is 17.7 Å². The van der Waals surface area contributed by atoms with E-state index in [0.29, 0.717) is 28.8 Å². The van der Waals surface area contributed by atoms with Crippen LogP contribution in [-0.2, 0) is 13.0 Å². The second kappa shape index (κ2) is 9.18. The molecule has 0 aliphatic carbocycles. The van der Waals surface area contributed by atoms with Gasteiger partial charge in [0.15, 0.2) is 0 Å². The first-order valence-corrected chi connectivity index (χ1v) is 12.3. The van der Waals surface area contributed by atoms with Crippen molar-refractivity contribution in [1.82, 2.24) is 20.2 Å². The molecule has 0 aromatic heterocycles. The maximum absolute atomic E-state index is 14.0. The van der Waals surface area contributed by atoms with E-state index >= 15 is 0 Å². The van der Waals surface area contributed by atoms with Crippen LogP contribution in [0.2, 0.25) is 0 Å². The molecular formula is C29H24F2N4O3. The van der Waals surface area contributed by atoms with Gasteiger partial charge in [-0.25, -0.2) is 14.2 Å². The largest absolute Gasteiger partial charge is 0.329 e. The first-order chi connectivity index (χ1) is 18.3. The Morgan fingerprint density at radius 2 is 1.55 bits per heavy atom. The number of amides is 3. The molecular weight excluding hydrogens is 490 g/mol. The molecule has 3 heterocycles. The minimum Gasteiger partial charge on any atom is -0.329 e. The molecule has 6 rings (SSSR count). The summed E-state index contributed by atoms with van der Waals surface area (Å²) in [4.78, 5) is 42.5. The van der Waals surface area contributed by atoms with Crippen molar-refractivity contribution in [3.8, 4) is 0 Å². The van der Waals surface area contributed by atoms with Crippen molar-refractivity contribution >= 4 is 23.4 Å². The van der Waals surface area contributed by atoms with E-state index < -0.39 is 29.5 Å². The Labute approximate surface area is 217 Å². The summed E-state index contributed by atoms with van der Waals surface area (Å²) < 4.78 is 28.1. The van der Waals surface area contributed by atoms with Crippen LogP contribution in [0.15, 0.2) is 66.7 Å². The van der Waals surface area contributed by atoms with Crippen LogP contribution in [0.4, 0.5) is 8.78 Å². The van der Waals surface area contributed by atoms with Gasteiger partial charge in [0.2, 0.25) is 0 Å². The zero-order valence-electron chi connectivity index (χ0n) is 20.6. The Morgan fingerprint density at radius 3 is 2.18 bits per heavy atom. The molecule has 0 fully saturated rings. The number of fused-ring (bicyclic) bond motifs is 2. The molecule has 3 aliphatic heterocycles. The van der Waals surface area contributed by atoms with Gasteiger partial charge in [-0.1, -0.05) is 18.2 Å². The second-order valence-corrected chi connectivity index (χ2v) is 9.72. The van der Waals surface area contributed by atoms with Crippen molar-refractivity contribution in [3.63, 3.8) is 0 Å². The normalized spacial score (nSPS) is 17.3. The lowest BCUT2D eigenvalue weighted by Crippen LogP contribution is -2.47. The number of rotatable bonds is 6. The summed E-state index contributed by atoms with van der Waals surface area (Å²) in [5.41, 5.74) is 7.42. The number of hydrazine groups is 1. The van der Waals surface area contributed by atoms with Crippen LogP contribution in [0.25, 0.3) is 5.70 Å². The highest BCUT2D eigenvalue weighted by Gasteiger charge is 2.40. The van der Waals surface area contributed by atoms with Crippen LogP contribution >= 0.6 is 0 Å². The van der Waals surface area contributed by atoms with Gasteiger partial charge in [-0.15, -0.1) is 0 Å². The number of hydrogen-bond donors (Lipinski definition) is 1. The number of carbonyl (C=O) groups is 3. The molecule has 3 aromatic carbocycles. The average Bonchev–Trinajstić information content (AvgIpc) is 3.53. The lowest BCUT2D eigenvalue weighted by Gasteiger charge is -2.31. The number of imide groups is 1. The standard InChI is InChI=1S/C29H24F2N4O3/c1-33-26(8-9-32-33)18-6-7-23-19(13-18)15-34(27(23)36)22(12-17-10-20(30)14-21(31)11-17)16-35-28(37)24-4-2-3-5-25(24)29(35)38/h2-8,10-11,13-14,22,32H,9,12,15-16H2,1H3/t22-/m0/s1. The lowest BCUT2D eigenvalue weighted by atomic mass is 10.0. The molecule has 0 unspecified atom stereocenters. The van der Waals surface area contributed by atoms with Crippen LogP contribution in [-0.4, -0.2) is 58.7 Å². The van der Waals surface area contributed by atoms with E-state index in [2.05, 4.69) is 11.5 Å². The van der Waals surface area contributed by atoms with E-state index in [-0.39, 0.29) is 25.4 Å². The smallest absolute Gasteiger partial charge is 0.261 e. The Hall–Kier alpha value is -4.37. The van der Waals surface area contributed by atoms with Crippen LogP contribution < -0.4 is 5.43 Å². The number of halogens is 2. The molecule has 0 spiro atoms. The van der Waals surface area contributed by atoms with Crippen LogP contribution in [0.1, 0.15) is 47.8 Å². The molecule has 0 saturated heterocycles. The SMILES string of the molecule is CN1NCC=C1c1ccc2c(c1)CN([C@@H](Cc1cc(F)cc(F)c1)CN1C(=O)c3ccccc3C1=O)C2=O. The number of nitrogens with one attached hydrogen (secondary N) is 1. The zero-order chi connectivity index (χ0) is 26.6. The highest BCUT2D eigenvalue weighted by molar-refractivity contribution is 6.21. The summed E-state index contributed by atoms with van der Waals surface area (Å²) in [5.74, 6) is -2.62. The van der Waals surface area contributed by atoms with E-state index in [0.717, 1.165) is 27.8 Å². The number of benzene rings is 3. The third-order valence-corrected chi connectivity index (χ3v) is 7.32. The fourth-order valence-corrected chi connectivity index (χ4v) is 5.50. The molecule has 0 radical (unpaired) electrons. The fourth-order valence-electron chi connectivity index (χ4n) is 5.50. The Balaban J connectivity index is 1.33. The van der Waals surface area contributed by atoms with Gasteiger partial charge >= 0.3 is 0 Å². The molecule has 3 aliphatic rings. The van der Waals surface area contributed by atoms with Crippen LogP contribution in [0.3, 0.4) is 0 Å². The molecule has 7 nitrogen and oxygen atoms in total. The van der Waals surface area contributed by atoms with Crippen molar-refractivity contribution in [2.24, 2.45) is 0 Å². The van der Waals surface area contributed by atoms with Crippen molar-refractivity contribution in [3.05, 3.63) is 112 Å². The minimum atomic E-state index is -0.734. The number of carbonyl (C=O) groups excluding carboxylic acids is 3. The first-order valence-electron chi connectivity index (χ1n) is 12.3. The first kappa shape index (κ1) is 24.0. The van der Waals surface area contributed by atoms with E-state index in [1.54, 1.807) is 35.2 Å². The van der Waals surface area contributed by atoms with Crippen molar-refractivity contribution in [2.75, 3.05) is 20.1 Å². The average molecular weight is 515 g/mol. The lowest BCUT2D eigenvalue weighted by molar-refractivity contribution is 0.0527. The van der Waals surface area contributed by atoms with Crippen molar-refractivity contribution in [2.45, 2.75) is 19.0 Å². The van der Waals surface area contributed by atoms with Crippen LogP contribution in [0.5, 0.6) is 0 Å². The van der Waals surface area contributed by atoms with E-state index in [1.807, 2.05) is 24.2 Å². The number of hydrogen-bond acceptors (Lipinski definition) is 5. The highest BCUT2D eigenvalue weighted by atomic mass is 19.1. The van der Waals surface area contributed by atoms with Crippen molar-refractivity contribution < 1.29 is 23.2 Å². The molecule has 3 amide bonds. The van der Waals surface area contributed by atoms with Gasteiger partial charge in [0.05, 0.1) is 29.4 Å². The summed E-state index contributed by atoms with van der Waals surface area (Å²) in [6.45, 7) is 0.855. The Morgan fingerprint density at radius 1 is 0.868 bits per heavy atom. The minimum absolute atomic E-state index is 0.0620. The molecule has 0 bridgehead atoms. The molecule has 9 heteroatoms. The maximum Gasteiger partial charge on any atom is 0.261 e. The molecule has 0 saturated carbocycles. The van der Waals surface area contributed by atoms with Gasteiger partial charge in [-0.2, -0.15) is 0 Å². The second-order valence-electron chi connectivity index (χ2n) is 9.72. The monoisotopic (exact) mass is 514 g/mol. The highest BCUT2D eigenvalue weighted by Crippen LogP contribution is 2.32.